The average Bonchev–Trinajstić information content (AvgIpc) is 2.14. The summed E-state index contributed by atoms with van der Waals surface area (Å²) in [5, 5.41) is 7.91. The SMILES string of the molecule is CCOCC(F)(F)C(F)(F)C(F)(F)CO. The number of alkyl halides is 6. The normalized spacial score (nSPS) is 14.4. The molecule has 15 heavy (non-hydrogen) atoms. The van der Waals surface area contributed by atoms with Crippen LogP contribution in [0.1, 0.15) is 6.92 Å². The molecule has 0 aliphatic heterocycles. The third-order valence-corrected chi connectivity index (χ3v) is 1.60. The highest BCUT2D eigenvalue weighted by Crippen LogP contribution is 2.45. The summed E-state index contributed by atoms with van der Waals surface area (Å²) in [6, 6.07) is 0. The first-order chi connectivity index (χ1) is 6.62. The van der Waals surface area contributed by atoms with Gasteiger partial charge < -0.3 is 9.84 Å². The fraction of sp³-hybridized carbons (Fsp3) is 1.00. The molecule has 0 aliphatic carbocycles. The van der Waals surface area contributed by atoms with Gasteiger partial charge in [-0.15, -0.1) is 0 Å². The van der Waals surface area contributed by atoms with E-state index in [1.165, 1.54) is 6.92 Å². The van der Waals surface area contributed by atoms with Crippen LogP contribution >= 0.6 is 0 Å². The number of aliphatic hydroxyl groups is 1. The zero-order valence-corrected chi connectivity index (χ0v) is 7.74. The van der Waals surface area contributed by atoms with Crippen molar-refractivity contribution in [2.45, 2.75) is 24.7 Å². The van der Waals surface area contributed by atoms with Crippen molar-refractivity contribution in [1.82, 2.24) is 0 Å². The van der Waals surface area contributed by atoms with E-state index in [9.17, 15) is 26.3 Å². The van der Waals surface area contributed by atoms with E-state index in [0.29, 0.717) is 0 Å². The van der Waals surface area contributed by atoms with Crippen molar-refractivity contribution in [2.75, 3.05) is 19.8 Å². The minimum absolute atomic E-state index is 0.309. The monoisotopic (exact) mass is 240 g/mol. The molecule has 0 radical (unpaired) electrons. The fourth-order valence-electron chi connectivity index (χ4n) is 0.688. The van der Waals surface area contributed by atoms with Gasteiger partial charge >= 0.3 is 17.8 Å². The van der Waals surface area contributed by atoms with Crippen LogP contribution in [0.3, 0.4) is 0 Å². The summed E-state index contributed by atoms with van der Waals surface area (Å²) in [6.45, 7) is -3.25. The molecule has 0 atom stereocenters. The second-order valence-electron chi connectivity index (χ2n) is 2.78. The Morgan fingerprint density at radius 3 is 1.80 bits per heavy atom. The van der Waals surface area contributed by atoms with Gasteiger partial charge in [-0.3, -0.25) is 0 Å². The van der Waals surface area contributed by atoms with Gasteiger partial charge in [-0.2, -0.15) is 26.3 Å². The third-order valence-electron chi connectivity index (χ3n) is 1.60. The number of hydrogen-bond donors (Lipinski definition) is 1. The third kappa shape index (κ3) is 2.75. The molecule has 0 spiro atoms. The molecule has 0 rings (SSSR count). The van der Waals surface area contributed by atoms with Gasteiger partial charge in [0.05, 0.1) is 0 Å². The summed E-state index contributed by atoms with van der Waals surface area (Å²) in [7, 11) is 0. The van der Waals surface area contributed by atoms with E-state index in [1.54, 1.807) is 0 Å². The Kier molecular flexibility index (Phi) is 4.41. The smallest absolute Gasteiger partial charge is 0.376 e. The van der Waals surface area contributed by atoms with Crippen LogP contribution in [-0.2, 0) is 4.74 Å². The molecule has 0 aliphatic rings. The number of ether oxygens (including phenoxy) is 1. The molecule has 8 heteroatoms. The first kappa shape index (κ1) is 14.5. The predicted octanol–water partition coefficient (Wildman–Crippen LogP) is 1.92. The molecular weight excluding hydrogens is 230 g/mol. The Labute approximate surface area is 81.8 Å². The lowest BCUT2D eigenvalue weighted by Crippen LogP contribution is -2.57. The van der Waals surface area contributed by atoms with E-state index in [1.807, 2.05) is 0 Å². The summed E-state index contributed by atoms with van der Waals surface area (Å²) < 4.78 is 79.0. The van der Waals surface area contributed by atoms with Gasteiger partial charge in [-0.05, 0) is 6.92 Å². The molecule has 0 aromatic heterocycles. The van der Waals surface area contributed by atoms with Crippen molar-refractivity contribution in [3.8, 4) is 0 Å². The van der Waals surface area contributed by atoms with Crippen molar-refractivity contribution >= 4 is 0 Å². The van der Waals surface area contributed by atoms with Crippen LogP contribution in [0, 0.1) is 0 Å². The van der Waals surface area contributed by atoms with E-state index >= 15 is 0 Å². The van der Waals surface area contributed by atoms with Crippen LogP contribution in [0.15, 0.2) is 0 Å². The van der Waals surface area contributed by atoms with Gasteiger partial charge in [-0.25, -0.2) is 0 Å². The van der Waals surface area contributed by atoms with E-state index in [-0.39, 0.29) is 6.61 Å². The number of hydrogen-bond acceptors (Lipinski definition) is 2. The molecule has 0 fully saturated rings. The van der Waals surface area contributed by atoms with Crippen molar-refractivity contribution in [3.63, 3.8) is 0 Å². The highest BCUT2D eigenvalue weighted by Gasteiger charge is 2.71. The van der Waals surface area contributed by atoms with Crippen molar-refractivity contribution in [1.29, 1.82) is 0 Å². The number of rotatable bonds is 6. The summed E-state index contributed by atoms with van der Waals surface area (Å²) in [5.74, 6) is -15.9. The molecule has 0 amide bonds. The lowest BCUT2D eigenvalue weighted by molar-refractivity contribution is -0.325. The minimum atomic E-state index is -5.65. The molecule has 1 N–H and O–H groups in total. The highest BCUT2D eigenvalue weighted by atomic mass is 19.3. The summed E-state index contributed by atoms with van der Waals surface area (Å²) in [4.78, 5) is 0. The van der Waals surface area contributed by atoms with Crippen molar-refractivity contribution < 1.29 is 36.2 Å². The maximum atomic E-state index is 12.6. The topological polar surface area (TPSA) is 29.5 Å². The Hall–Kier alpha value is -0.500. The standard InChI is InChI=1S/C7H10F6O2/c1-2-15-4-6(10,11)7(12,13)5(8,9)3-14/h14H,2-4H2,1H3. The van der Waals surface area contributed by atoms with Gasteiger partial charge in [0.1, 0.15) is 13.2 Å². The fourth-order valence-corrected chi connectivity index (χ4v) is 0.688. The Morgan fingerprint density at radius 2 is 1.47 bits per heavy atom. The van der Waals surface area contributed by atoms with Crippen LogP contribution in [0.5, 0.6) is 0 Å². The second-order valence-corrected chi connectivity index (χ2v) is 2.78. The van der Waals surface area contributed by atoms with Crippen LogP contribution < -0.4 is 0 Å². The molecule has 0 bridgehead atoms. The van der Waals surface area contributed by atoms with E-state index in [0.717, 1.165) is 0 Å². The van der Waals surface area contributed by atoms with Crippen molar-refractivity contribution in [2.24, 2.45) is 0 Å². The van der Waals surface area contributed by atoms with Gasteiger partial charge in [0, 0.05) is 6.61 Å². The Bertz CT molecular complexity index is 206. The molecule has 0 heterocycles. The van der Waals surface area contributed by atoms with Crippen LogP contribution in [0.4, 0.5) is 26.3 Å². The molecule has 92 valence electrons. The molecule has 2 nitrogen and oxygen atoms in total. The first-order valence-electron chi connectivity index (χ1n) is 3.94. The lowest BCUT2D eigenvalue weighted by atomic mass is 10.1. The summed E-state index contributed by atoms with van der Waals surface area (Å²) in [6.07, 6.45) is 0. The quantitative estimate of drug-likeness (QED) is 0.719. The van der Waals surface area contributed by atoms with Gasteiger partial charge in [0.15, 0.2) is 0 Å². The first-order valence-corrected chi connectivity index (χ1v) is 3.94. The van der Waals surface area contributed by atoms with Crippen LogP contribution in [0.2, 0.25) is 0 Å². The van der Waals surface area contributed by atoms with Crippen LogP contribution in [-0.4, -0.2) is 42.7 Å². The molecule has 0 aromatic carbocycles. The maximum absolute atomic E-state index is 12.6. The Balaban J connectivity index is 4.83. The molecule has 0 aromatic rings. The highest BCUT2D eigenvalue weighted by molar-refractivity contribution is 4.96. The zero-order chi connectivity index (χ0) is 12.3. The van der Waals surface area contributed by atoms with Gasteiger partial charge in [0.2, 0.25) is 0 Å². The Morgan fingerprint density at radius 1 is 1.00 bits per heavy atom. The largest absolute Gasteiger partial charge is 0.390 e. The van der Waals surface area contributed by atoms with E-state index in [2.05, 4.69) is 4.74 Å². The summed E-state index contributed by atoms with van der Waals surface area (Å²) >= 11 is 0. The number of halogens is 6. The maximum Gasteiger partial charge on any atom is 0.376 e. The summed E-state index contributed by atoms with van der Waals surface area (Å²) in [5.41, 5.74) is 0. The second kappa shape index (κ2) is 4.56. The van der Waals surface area contributed by atoms with E-state index < -0.39 is 31.0 Å². The predicted molar refractivity (Wildman–Crippen MR) is 38.4 cm³/mol. The molecule has 0 saturated carbocycles. The molecule has 0 unspecified atom stereocenters. The lowest BCUT2D eigenvalue weighted by Gasteiger charge is -2.31. The minimum Gasteiger partial charge on any atom is -0.390 e. The van der Waals surface area contributed by atoms with Crippen molar-refractivity contribution in [3.05, 3.63) is 0 Å². The van der Waals surface area contributed by atoms with Crippen LogP contribution in [0.25, 0.3) is 0 Å². The number of aliphatic hydroxyl groups excluding tert-OH is 1. The van der Waals surface area contributed by atoms with Gasteiger partial charge in [0.25, 0.3) is 0 Å². The van der Waals surface area contributed by atoms with Gasteiger partial charge in [-0.1, -0.05) is 0 Å². The van der Waals surface area contributed by atoms with E-state index in [4.69, 9.17) is 5.11 Å². The molecular formula is C7H10F6O2. The molecule has 0 saturated heterocycles. The average molecular weight is 240 g/mol. The zero-order valence-electron chi connectivity index (χ0n) is 7.74.